The number of fused-ring (bicyclic) bond motifs is 1. The van der Waals surface area contributed by atoms with Crippen molar-refractivity contribution >= 4 is 26.9 Å². The van der Waals surface area contributed by atoms with E-state index >= 15 is 0 Å². The first-order valence-corrected chi connectivity index (χ1v) is 9.25. The van der Waals surface area contributed by atoms with E-state index in [1.54, 1.807) is 18.2 Å². The van der Waals surface area contributed by atoms with E-state index in [1.165, 1.54) is 27.0 Å². The standard InChI is InChI=1S/C18H16N2O6S/c1-5-9-20(27(22,23)17-11(2)19-26-12(17)3)18(21)15-10-13-7-6-8-14(24-4)16(13)25-15/h1,6-8,10H,9H2,2-4H3. The van der Waals surface area contributed by atoms with Crippen LogP contribution in [0.2, 0.25) is 0 Å². The predicted molar refractivity (Wildman–Crippen MR) is 95.8 cm³/mol. The molecule has 27 heavy (non-hydrogen) atoms. The zero-order valence-corrected chi connectivity index (χ0v) is 15.7. The summed E-state index contributed by atoms with van der Waals surface area (Å²) in [6.45, 7) is 2.44. The Kier molecular flexibility index (Phi) is 4.68. The Morgan fingerprint density at radius 1 is 1.37 bits per heavy atom. The minimum Gasteiger partial charge on any atom is -0.493 e. The van der Waals surface area contributed by atoms with Gasteiger partial charge in [0.05, 0.1) is 13.7 Å². The number of nitrogens with zero attached hydrogens (tertiary/aromatic N) is 2. The molecule has 0 bridgehead atoms. The van der Waals surface area contributed by atoms with Crippen molar-refractivity contribution in [1.82, 2.24) is 9.46 Å². The Morgan fingerprint density at radius 2 is 2.11 bits per heavy atom. The van der Waals surface area contributed by atoms with E-state index in [2.05, 4.69) is 11.1 Å². The summed E-state index contributed by atoms with van der Waals surface area (Å²) < 4.78 is 42.3. The molecule has 8 nitrogen and oxygen atoms in total. The van der Waals surface area contributed by atoms with Gasteiger partial charge < -0.3 is 13.7 Å². The van der Waals surface area contributed by atoms with Crippen LogP contribution in [-0.2, 0) is 10.0 Å². The number of hydrogen-bond acceptors (Lipinski definition) is 7. The van der Waals surface area contributed by atoms with E-state index in [-0.39, 0.29) is 22.1 Å². The number of hydrogen-bond donors (Lipinski definition) is 0. The highest BCUT2D eigenvalue weighted by Crippen LogP contribution is 2.30. The van der Waals surface area contributed by atoms with Gasteiger partial charge in [-0.3, -0.25) is 4.79 Å². The van der Waals surface area contributed by atoms with Crippen LogP contribution in [0.5, 0.6) is 5.75 Å². The predicted octanol–water partition coefficient (Wildman–Crippen LogP) is 2.51. The minimum atomic E-state index is -4.29. The van der Waals surface area contributed by atoms with Crippen LogP contribution >= 0.6 is 0 Å². The number of amides is 1. The molecule has 0 fully saturated rings. The van der Waals surface area contributed by atoms with Gasteiger partial charge in [-0.25, -0.2) is 12.7 Å². The molecule has 1 aromatic carbocycles. The number of sulfonamides is 1. The molecule has 0 atom stereocenters. The summed E-state index contributed by atoms with van der Waals surface area (Å²) in [5.41, 5.74) is 0.465. The second-order valence-electron chi connectivity index (χ2n) is 5.66. The lowest BCUT2D eigenvalue weighted by molar-refractivity contribution is 0.0845. The maximum atomic E-state index is 13.0. The average Bonchev–Trinajstić information content (AvgIpc) is 3.22. The van der Waals surface area contributed by atoms with Gasteiger partial charge in [-0.2, -0.15) is 0 Å². The molecule has 0 saturated carbocycles. The highest BCUT2D eigenvalue weighted by molar-refractivity contribution is 7.89. The van der Waals surface area contributed by atoms with Crippen LogP contribution in [0, 0.1) is 26.2 Å². The zero-order valence-electron chi connectivity index (χ0n) is 14.8. The van der Waals surface area contributed by atoms with Crippen molar-refractivity contribution in [2.45, 2.75) is 18.7 Å². The number of aryl methyl sites for hydroxylation is 2. The van der Waals surface area contributed by atoms with Gasteiger partial charge in [-0.15, -0.1) is 6.42 Å². The highest BCUT2D eigenvalue weighted by atomic mass is 32.2. The van der Waals surface area contributed by atoms with Crippen LogP contribution < -0.4 is 4.74 Å². The quantitative estimate of drug-likeness (QED) is 0.619. The topological polar surface area (TPSA) is 103 Å². The number of rotatable bonds is 5. The minimum absolute atomic E-state index is 0.0635. The van der Waals surface area contributed by atoms with Crippen molar-refractivity contribution in [1.29, 1.82) is 0 Å². The van der Waals surface area contributed by atoms with Gasteiger partial charge in [-0.1, -0.05) is 23.2 Å². The summed E-state index contributed by atoms with van der Waals surface area (Å²) in [5, 5.41) is 4.22. The average molecular weight is 388 g/mol. The summed E-state index contributed by atoms with van der Waals surface area (Å²) in [4.78, 5) is 12.7. The molecule has 140 valence electrons. The number of methoxy groups -OCH3 is 1. The van der Waals surface area contributed by atoms with Gasteiger partial charge in [0.1, 0.15) is 5.69 Å². The SMILES string of the molecule is C#CCN(C(=O)c1cc2cccc(OC)c2o1)S(=O)(=O)c1c(C)noc1C. The molecule has 2 heterocycles. The molecular formula is C18H16N2O6S. The number of terminal acetylenes is 1. The van der Waals surface area contributed by atoms with Gasteiger partial charge in [0.2, 0.25) is 0 Å². The normalized spacial score (nSPS) is 11.3. The lowest BCUT2D eigenvalue weighted by Gasteiger charge is -2.18. The number of ether oxygens (including phenoxy) is 1. The molecule has 0 aliphatic carbocycles. The Labute approximate surface area is 155 Å². The van der Waals surface area contributed by atoms with E-state index in [0.29, 0.717) is 21.0 Å². The van der Waals surface area contributed by atoms with E-state index < -0.39 is 22.5 Å². The van der Waals surface area contributed by atoms with Crippen LogP contribution in [0.3, 0.4) is 0 Å². The van der Waals surface area contributed by atoms with E-state index in [4.69, 9.17) is 20.1 Å². The summed E-state index contributed by atoms with van der Waals surface area (Å²) in [6, 6.07) is 6.55. The molecule has 1 amide bonds. The summed E-state index contributed by atoms with van der Waals surface area (Å²) in [6.07, 6.45) is 5.29. The second-order valence-corrected chi connectivity index (χ2v) is 7.46. The first-order chi connectivity index (χ1) is 12.8. The molecule has 3 aromatic rings. The van der Waals surface area contributed by atoms with Crippen molar-refractivity contribution in [3.63, 3.8) is 0 Å². The molecule has 0 unspecified atom stereocenters. The fraction of sp³-hybridized carbons (Fsp3) is 0.222. The van der Waals surface area contributed by atoms with Crippen molar-refractivity contribution in [2.75, 3.05) is 13.7 Å². The summed E-state index contributed by atoms with van der Waals surface area (Å²) in [5.74, 6) is 1.60. The van der Waals surface area contributed by atoms with Crippen LogP contribution in [0.15, 0.2) is 38.1 Å². The van der Waals surface area contributed by atoms with Gasteiger partial charge in [-0.05, 0) is 26.0 Å². The molecule has 0 spiro atoms. The van der Waals surface area contributed by atoms with E-state index in [0.717, 1.165) is 0 Å². The van der Waals surface area contributed by atoms with Crippen LogP contribution in [0.4, 0.5) is 0 Å². The zero-order chi connectivity index (χ0) is 19.8. The van der Waals surface area contributed by atoms with Crippen molar-refractivity contribution in [3.05, 3.63) is 41.5 Å². The third kappa shape index (κ3) is 3.04. The second kappa shape index (κ2) is 6.81. The largest absolute Gasteiger partial charge is 0.493 e. The maximum absolute atomic E-state index is 13.0. The molecule has 3 rings (SSSR count). The Hall–Kier alpha value is -3.25. The van der Waals surface area contributed by atoms with Gasteiger partial charge in [0.25, 0.3) is 10.0 Å². The van der Waals surface area contributed by atoms with Crippen LogP contribution in [0.1, 0.15) is 22.0 Å². The smallest absolute Gasteiger partial charge is 0.304 e. The van der Waals surface area contributed by atoms with Gasteiger partial charge in [0, 0.05) is 5.39 Å². The fourth-order valence-corrected chi connectivity index (χ4v) is 4.31. The molecule has 0 radical (unpaired) electrons. The van der Waals surface area contributed by atoms with Gasteiger partial charge in [0.15, 0.2) is 27.7 Å². The summed E-state index contributed by atoms with van der Waals surface area (Å²) in [7, 11) is -2.82. The Bertz CT molecular complexity index is 1150. The lowest BCUT2D eigenvalue weighted by atomic mass is 10.2. The van der Waals surface area contributed by atoms with Crippen LogP contribution in [0.25, 0.3) is 11.0 Å². The first-order valence-electron chi connectivity index (χ1n) is 7.81. The molecule has 9 heteroatoms. The summed E-state index contributed by atoms with van der Waals surface area (Å²) >= 11 is 0. The van der Waals surface area contributed by atoms with Crippen LogP contribution in [-0.4, -0.2) is 37.4 Å². The monoisotopic (exact) mass is 388 g/mol. The maximum Gasteiger partial charge on any atom is 0.304 e. The first kappa shape index (κ1) is 18.5. The molecule has 0 aliphatic heterocycles. The number of carbonyl (C=O) groups excluding carboxylic acids is 1. The Morgan fingerprint density at radius 3 is 2.70 bits per heavy atom. The molecular weight excluding hydrogens is 372 g/mol. The van der Waals surface area contributed by atoms with Crippen molar-refractivity contribution in [3.8, 4) is 18.1 Å². The number of para-hydroxylation sites is 1. The Balaban J connectivity index is 2.11. The third-order valence-corrected chi connectivity index (χ3v) is 5.89. The van der Waals surface area contributed by atoms with Crippen molar-refractivity contribution < 1.29 is 26.9 Å². The lowest BCUT2D eigenvalue weighted by Crippen LogP contribution is -2.37. The number of furan rings is 1. The van der Waals surface area contributed by atoms with E-state index in [1.807, 2.05) is 0 Å². The highest BCUT2D eigenvalue weighted by Gasteiger charge is 2.36. The number of carbonyl (C=O) groups is 1. The fourth-order valence-electron chi connectivity index (χ4n) is 2.73. The van der Waals surface area contributed by atoms with Gasteiger partial charge >= 0.3 is 5.91 Å². The molecule has 2 aromatic heterocycles. The number of aromatic nitrogens is 1. The third-order valence-electron chi connectivity index (χ3n) is 3.92. The molecule has 0 aliphatic rings. The van der Waals surface area contributed by atoms with E-state index in [9.17, 15) is 13.2 Å². The van der Waals surface area contributed by atoms with Crippen molar-refractivity contribution in [2.24, 2.45) is 0 Å². The molecule has 0 N–H and O–H groups in total. The number of benzene rings is 1. The molecule has 0 saturated heterocycles.